The number of carbonyl (C=O) groups excluding carboxylic acids is 2. The Bertz CT molecular complexity index is 1870. The fraction of sp³-hybridized carbons (Fsp3) is 0.720. The number of hydrogen-bond donors (Lipinski definition) is 3. The van der Waals surface area contributed by atoms with E-state index in [-0.39, 0.29) is 57.8 Å². The van der Waals surface area contributed by atoms with Gasteiger partial charge in [0.25, 0.3) is 0 Å². The van der Waals surface area contributed by atoms with E-state index >= 15 is 9.18 Å². The van der Waals surface area contributed by atoms with Crippen LogP contribution in [0.4, 0.5) is 4.39 Å². The molecular formula is C50H68ClFN4O2. The number of alkyl halides is 2. The Labute approximate surface area is 351 Å². The number of piperidine rings is 1. The van der Waals surface area contributed by atoms with E-state index in [0.717, 1.165) is 122 Å². The Kier molecular flexibility index (Phi) is 9.96. The summed E-state index contributed by atoms with van der Waals surface area (Å²) in [6.45, 7) is 1.55. The van der Waals surface area contributed by atoms with Gasteiger partial charge in [-0.25, -0.2) is 0 Å². The lowest BCUT2D eigenvalue weighted by molar-refractivity contribution is -0.181. The van der Waals surface area contributed by atoms with Gasteiger partial charge in [0.15, 0.2) is 0 Å². The number of halogens is 2. The lowest BCUT2D eigenvalue weighted by atomic mass is 9.34. The Balaban J connectivity index is 0.979. The van der Waals surface area contributed by atoms with Crippen LogP contribution >= 0.6 is 11.6 Å². The number of nitrogens with zero attached hydrogens (tertiary/aromatic N) is 1. The van der Waals surface area contributed by atoms with Crippen molar-refractivity contribution in [2.45, 2.75) is 157 Å². The molecule has 8 heteroatoms. The van der Waals surface area contributed by atoms with Gasteiger partial charge in [0, 0.05) is 31.1 Å². The molecule has 1 aliphatic heterocycles. The van der Waals surface area contributed by atoms with Crippen molar-refractivity contribution in [3.8, 4) is 0 Å². The molecule has 9 aliphatic carbocycles. The number of carbonyl (C=O) groups is 2. The molecule has 1 saturated heterocycles. The molecular weight excluding hydrogens is 743 g/mol. The summed E-state index contributed by atoms with van der Waals surface area (Å²) in [4.78, 5) is 31.7. The Hall–Kier alpha value is -2.48. The molecule has 1 heterocycles. The third-order valence-corrected chi connectivity index (χ3v) is 18.6. The zero-order valence-electron chi connectivity index (χ0n) is 35.0. The van der Waals surface area contributed by atoms with Gasteiger partial charge in [0.2, 0.25) is 11.8 Å². The van der Waals surface area contributed by atoms with E-state index in [2.05, 4.69) is 77.2 Å². The average Bonchev–Trinajstić information content (AvgIpc) is 3.21. The molecule has 58 heavy (non-hydrogen) atoms. The number of nitrogens with two attached hydrogens (primary N) is 1. The maximum atomic E-state index is 15.2. The van der Waals surface area contributed by atoms with Crippen LogP contribution in [0.25, 0.3) is 0 Å². The average molecular weight is 812 g/mol. The van der Waals surface area contributed by atoms with Crippen molar-refractivity contribution in [2.24, 2.45) is 39.2 Å². The van der Waals surface area contributed by atoms with E-state index < -0.39 is 5.41 Å². The fourth-order valence-electron chi connectivity index (χ4n) is 17.1. The molecule has 0 radical (unpaired) electrons. The van der Waals surface area contributed by atoms with Crippen LogP contribution in [0.1, 0.15) is 145 Å². The molecule has 2 amide bonds. The molecule has 2 aromatic carbocycles. The van der Waals surface area contributed by atoms with Gasteiger partial charge in [-0.3, -0.25) is 14.0 Å². The summed E-state index contributed by atoms with van der Waals surface area (Å²) >= 11 is 6.60. The topological polar surface area (TPSA) is 87.5 Å². The highest BCUT2D eigenvalue weighted by atomic mass is 35.5. The van der Waals surface area contributed by atoms with E-state index in [1.54, 1.807) is 0 Å². The van der Waals surface area contributed by atoms with Crippen LogP contribution in [0, 0.1) is 33.5 Å². The number of hydrogen-bond acceptors (Lipinski definition) is 4. The van der Waals surface area contributed by atoms with Crippen molar-refractivity contribution in [3.05, 3.63) is 71.3 Å². The summed E-state index contributed by atoms with van der Waals surface area (Å²) in [5.41, 5.74) is 9.17. The molecule has 8 bridgehead atoms. The van der Waals surface area contributed by atoms with Crippen LogP contribution in [-0.4, -0.2) is 67.5 Å². The normalized spacial score (nSPS) is 42.7. The van der Waals surface area contributed by atoms with E-state index in [0.29, 0.717) is 36.0 Å². The molecule has 2 aromatic rings. The van der Waals surface area contributed by atoms with Crippen molar-refractivity contribution in [3.63, 3.8) is 0 Å². The minimum Gasteiger partial charge on any atom is -0.353 e. The van der Waals surface area contributed by atoms with Crippen LogP contribution < -0.4 is 16.4 Å². The Morgan fingerprint density at radius 3 is 2.22 bits per heavy atom. The first-order valence-corrected chi connectivity index (χ1v) is 23.8. The van der Waals surface area contributed by atoms with Gasteiger partial charge in [0.05, 0.1) is 17.5 Å². The number of amides is 2. The largest absolute Gasteiger partial charge is 0.353 e. The van der Waals surface area contributed by atoms with Crippen molar-refractivity contribution < 1.29 is 14.0 Å². The second kappa shape index (κ2) is 14.6. The number of nitrogens with one attached hydrogen (secondary N) is 2. The number of benzene rings is 2. The Morgan fingerprint density at radius 2 is 1.50 bits per heavy atom. The third kappa shape index (κ3) is 6.35. The second-order valence-corrected chi connectivity index (χ2v) is 22.4. The molecule has 5 unspecified atom stereocenters. The highest BCUT2D eigenvalue weighted by Crippen LogP contribution is 2.76. The standard InChI is InChI=1S/C50H68ClFN4O2/c1-56(41-15-21-54-22-16-41)44(58)50-27-36-26-48(33-50,37-5-3-2-4-6-37)30-46(31-50,18-20-52)42(36)35-7-9-38(10-8-35)47-24-34-23-45(28-47,17-19-51)29-49(25-34,32-47)43(57)55-40-13-11-39(53)12-14-40/h2-10,34,36,39-42,54H,11-33,53H2,1H3,(H,55,57)/t34?,36?,39-,40+,42?,45-,46-,47-,48-,49?,50?/m1/s1. The highest BCUT2D eigenvalue weighted by Gasteiger charge is 2.70. The quantitative estimate of drug-likeness (QED) is 0.198. The minimum atomic E-state index is -0.462. The van der Waals surface area contributed by atoms with Gasteiger partial charge in [-0.1, -0.05) is 54.6 Å². The molecule has 0 aromatic heterocycles. The van der Waals surface area contributed by atoms with Crippen molar-refractivity contribution in [2.75, 3.05) is 32.7 Å². The number of rotatable bonds is 11. The summed E-state index contributed by atoms with van der Waals surface area (Å²) in [6.07, 6.45) is 18.3. The molecule has 10 fully saturated rings. The van der Waals surface area contributed by atoms with E-state index in [4.69, 9.17) is 17.3 Å². The maximum absolute atomic E-state index is 15.2. The van der Waals surface area contributed by atoms with Crippen LogP contribution in [0.5, 0.6) is 0 Å². The summed E-state index contributed by atoms with van der Waals surface area (Å²) in [7, 11) is 2.06. The molecule has 9 atom stereocenters. The first-order valence-electron chi connectivity index (χ1n) is 23.3. The van der Waals surface area contributed by atoms with E-state index in [1.807, 2.05) is 0 Å². The van der Waals surface area contributed by atoms with Crippen LogP contribution in [0.3, 0.4) is 0 Å². The first-order chi connectivity index (χ1) is 28.0. The molecule has 6 nitrogen and oxygen atoms in total. The van der Waals surface area contributed by atoms with Gasteiger partial charge >= 0.3 is 0 Å². The molecule has 9 saturated carbocycles. The molecule has 10 aliphatic rings. The molecule has 4 N–H and O–H groups in total. The smallest absolute Gasteiger partial charge is 0.228 e. The highest BCUT2D eigenvalue weighted by molar-refractivity contribution is 6.17. The monoisotopic (exact) mass is 811 g/mol. The zero-order chi connectivity index (χ0) is 40.0. The van der Waals surface area contributed by atoms with E-state index in [1.165, 1.54) is 23.1 Å². The minimum absolute atomic E-state index is 0.0377. The summed E-state index contributed by atoms with van der Waals surface area (Å²) in [6, 6.07) is 21.4. The first kappa shape index (κ1) is 39.6. The maximum Gasteiger partial charge on any atom is 0.228 e. The summed E-state index contributed by atoms with van der Waals surface area (Å²) in [5.74, 6) is 2.32. The van der Waals surface area contributed by atoms with Gasteiger partial charge in [-0.15, -0.1) is 11.6 Å². The second-order valence-electron chi connectivity index (χ2n) is 22.0. The molecule has 0 spiro atoms. The van der Waals surface area contributed by atoms with Crippen LogP contribution in [-0.2, 0) is 20.4 Å². The Morgan fingerprint density at radius 1 is 0.793 bits per heavy atom. The zero-order valence-corrected chi connectivity index (χ0v) is 35.8. The van der Waals surface area contributed by atoms with Crippen molar-refractivity contribution in [1.29, 1.82) is 0 Å². The molecule has 12 rings (SSSR count). The predicted octanol–water partition coefficient (Wildman–Crippen LogP) is 9.08. The van der Waals surface area contributed by atoms with Crippen molar-refractivity contribution >= 4 is 23.4 Å². The third-order valence-electron chi connectivity index (χ3n) is 18.4. The molecule has 314 valence electrons. The summed E-state index contributed by atoms with van der Waals surface area (Å²) in [5, 5.41) is 7.07. The van der Waals surface area contributed by atoms with Gasteiger partial charge in [0.1, 0.15) is 0 Å². The van der Waals surface area contributed by atoms with Crippen LogP contribution in [0.15, 0.2) is 54.6 Å². The van der Waals surface area contributed by atoms with E-state index in [9.17, 15) is 4.79 Å². The lowest BCUT2D eigenvalue weighted by Crippen LogP contribution is -2.66. The van der Waals surface area contributed by atoms with Gasteiger partial charge < -0.3 is 21.3 Å². The summed E-state index contributed by atoms with van der Waals surface area (Å²) < 4.78 is 15.2. The van der Waals surface area contributed by atoms with Crippen LogP contribution in [0.2, 0.25) is 0 Å². The fourth-order valence-corrected chi connectivity index (χ4v) is 17.5. The van der Waals surface area contributed by atoms with Gasteiger partial charge in [-0.2, -0.15) is 0 Å². The predicted molar refractivity (Wildman–Crippen MR) is 229 cm³/mol. The van der Waals surface area contributed by atoms with Crippen molar-refractivity contribution in [1.82, 2.24) is 15.5 Å². The SMILES string of the molecule is CN(C(=O)C12CC3C[C@](c4ccccc4)(C1)C[C@](CCF)(C2)C3c1ccc([C@]23CC4CC(C(=O)N[C@H]5CC[C@@H](N)CC5)(C[C@](CCCl)(C4)C2)C3)cc1)C1CCNCC1. The lowest BCUT2D eigenvalue weighted by Gasteiger charge is -2.70. The van der Waals surface area contributed by atoms with Gasteiger partial charge in [-0.05, 0) is 191 Å².